The Hall–Kier alpha value is -1.16. The zero-order chi connectivity index (χ0) is 10.6. The van der Waals surface area contributed by atoms with Gasteiger partial charge in [-0.1, -0.05) is 6.07 Å². The first kappa shape index (κ1) is 10.9. The molecule has 0 aliphatic heterocycles. The molecular weight excluding hydrogens is 188 g/mol. The van der Waals surface area contributed by atoms with E-state index in [4.69, 9.17) is 10.5 Å². The van der Waals surface area contributed by atoms with Gasteiger partial charge in [-0.05, 0) is 24.1 Å². The highest BCUT2D eigenvalue weighted by Gasteiger charge is 2.09. The van der Waals surface area contributed by atoms with Crippen LogP contribution in [-0.2, 0) is 0 Å². The Bertz CT molecular complexity index is 304. The summed E-state index contributed by atoms with van der Waals surface area (Å²) in [5, 5.41) is 0. The Labute approximate surface area is 81.7 Å². The van der Waals surface area contributed by atoms with Gasteiger partial charge in [-0.15, -0.1) is 0 Å². The molecule has 2 N–H and O–H groups in total. The predicted octanol–water partition coefficient (Wildman–Crippen LogP) is 2.19. The van der Waals surface area contributed by atoms with Gasteiger partial charge < -0.3 is 10.5 Å². The lowest BCUT2D eigenvalue weighted by atomic mass is 10.1. The Morgan fingerprint density at radius 3 is 2.79 bits per heavy atom. The van der Waals surface area contributed by atoms with E-state index in [0.717, 1.165) is 0 Å². The first-order chi connectivity index (χ1) is 6.69. The highest BCUT2D eigenvalue weighted by molar-refractivity contribution is 5.31. The molecule has 1 rings (SSSR count). The van der Waals surface area contributed by atoms with E-state index in [9.17, 15) is 8.78 Å². The van der Waals surface area contributed by atoms with Gasteiger partial charge in [0, 0.05) is 6.04 Å². The van der Waals surface area contributed by atoms with Crippen molar-refractivity contribution in [3.05, 3.63) is 29.6 Å². The van der Waals surface area contributed by atoms with Crippen molar-refractivity contribution in [2.45, 2.75) is 12.5 Å². The third kappa shape index (κ3) is 2.42. The number of halogens is 2. The average molecular weight is 201 g/mol. The number of methoxy groups -OCH3 is 1. The number of benzene rings is 1. The monoisotopic (exact) mass is 201 g/mol. The molecule has 0 heterocycles. The molecule has 1 aromatic rings. The number of alkyl halides is 1. The van der Waals surface area contributed by atoms with Crippen molar-refractivity contribution in [1.82, 2.24) is 0 Å². The van der Waals surface area contributed by atoms with Crippen LogP contribution in [0.3, 0.4) is 0 Å². The summed E-state index contributed by atoms with van der Waals surface area (Å²) >= 11 is 0. The molecule has 78 valence electrons. The lowest BCUT2D eigenvalue weighted by Gasteiger charge is -2.11. The van der Waals surface area contributed by atoms with Crippen LogP contribution in [0.15, 0.2) is 18.2 Å². The van der Waals surface area contributed by atoms with E-state index >= 15 is 0 Å². The maximum Gasteiger partial charge on any atom is 0.165 e. The van der Waals surface area contributed by atoms with Crippen LogP contribution in [0.25, 0.3) is 0 Å². The van der Waals surface area contributed by atoms with Gasteiger partial charge >= 0.3 is 0 Å². The molecule has 0 aliphatic carbocycles. The number of nitrogens with two attached hydrogens (primary N) is 1. The van der Waals surface area contributed by atoms with E-state index in [1.165, 1.54) is 25.3 Å². The molecule has 0 saturated carbocycles. The normalized spacial score (nSPS) is 12.6. The van der Waals surface area contributed by atoms with Crippen molar-refractivity contribution in [3.8, 4) is 5.75 Å². The fraction of sp³-hybridized carbons (Fsp3) is 0.400. The summed E-state index contributed by atoms with van der Waals surface area (Å²) in [6.07, 6.45) is 0.231. The van der Waals surface area contributed by atoms with Crippen LogP contribution in [0.4, 0.5) is 8.78 Å². The molecule has 0 fully saturated rings. The van der Waals surface area contributed by atoms with Gasteiger partial charge in [-0.2, -0.15) is 0 Å². The molecule has 0 aromatic heterocycles. The second-order valence-electron chi connectivity index (χ2n) is 2.98. The molecule has 0 radical (unpaired) electrons. The van der Waals surface area contributed by atoms with E-state index in [2.05, 4.69) is 0 Å². The Kier molecular flexibility index (Phi) is 3.83. The summed E-state index contributed by atoms with van der Waals surface area (Å²) in [5.41, 5.74) is 6.34. The second kappa shape index (κ2) is 4.91. The van der Waals surface area contributed by atoms with Crippen molar-refractivity contribution in [2.75, 3.05) is 13.8 Å². The van der Waals surface area contributed by atoms with Crippen LogP contribution >= 0.6 is 0 Å². The summed E-state index contributed by atoms with van der Waals surface area (Å²) in [5.74, 6) is -0.305. The van der Waals surface area contributed by atoms with Gasteiger partial charge in [0.25, 0.3) is 0 Å². The van der Waals surface area contributed by atoms with E-state index in [0.29, 0.717) is 5.56 Å². The molecule has 0 aliphatic rings. The van der Waals surface area contributed by atoms with Crippen molar-refractivity contribution in [2.24, 2.45) is 5.73 Å². The van der Waals surface area contributed by atoms with Crippen molar-refractivity contribution < 1.29 is 13.5 Å². The summed E-state index contributed by atoms with van der Waals surface area (Å²) in [6, 6.07) is 3.90. The highest BCUT2D eigenvalue weighted by Crippen LogP contribution is 2.22. The van der Waals surface area contributed by atoms with Gasteiger partial charge in [-0.3, -0.25) is 4.39 Å². The fourth-order valence-electron chi connectivity index (χ4n) is 1.19. The Morgan fingerprint density at radius 2 is 2.21 bits per heavy atom. The molecule has 0 bridgehead atoms. The van der Waals surface area contributed by atoms with Crippen molar-refractivity contribution >= 4 is 0 Å². The van der Waals surface area contributed by atoms with Gasteiger partial charge in [0.15, 0.2) is 11.6 Å². The van der Waals surface area contributed by atoms with Gasteiger partial charge in [0.2, 0.25) is 0 Å². The number of ether oxygens (including phenoxy) is 1. The van der Waals surface area contributed by atoms with E-state index in [-0.39, 0.29) is 12.2 Å². The first-order valence-electron chi connectivity index (χ1n) is 4.34. The number of hydrogen-bond donors (Lipinski definition) is 1. The second-order valence-corrected chi connectivity index (χ2v) is 2.98. The number of hydrogen-bond acceptors (Lipinski definition) is 2. The predicted molar refractivity (Wildman–Crippen MR) is 50.5 cm³/mol. The zero-order valence-corrected chi connectivity index (χ0v) is 7.97. The summed E-state index contributed by atoms with van der Waals surface area (Å²) in [6.45, 7) is -0.485. The third-order valence-corrected chi connectivity index (χ3v) is 2.02. The van der Waals surface area contributed by atoms with E-state index in [1.54, 1.807) is 0 Å². The maximum absolute atomic E-state index is 13.0. The lowest BCUT2D eigenvalue weighted by Crippen LogP contribution is -2.11. The average Bonchev–Trinajstić information content (AvgIpc) is 2.19. The Morgan fingerprint density at radius 1 is 1.50 bits per heavy atom. The molecule has 2 nitrogen and oxygen atoms in total. The van der Waals surface area contributed by atoms with E-state index in [1.807, 2.05) is 0 Å². The standard InChI is InChI=1S/C10H13F2NO/c1-14-10-6-7(2-3-8(10)12)9(13)4-5-11/h2-3,6,9H,4-5,13H2,1H3/t9-/m1/s1. The van der Waals surface area contributed by atoms with E-state index < -0.39 is 18.5 Å². The molecule has 1 atom stereocenters. The minimum Gasteiger partial charge on any atom is -0.494 e. The van der Waals surface area contributed by atoms with Crippen LogP contribution in [0.1, 0.15) is 18.0 Å². The molecule has 1 aromatic carbocycles. The zero-order valence-electron chi connectivity index (χ0n) is 7.97. The van der Waals surface area contributed by atoms with Gasteiger partial charge in [0.05, 0.1) is 13.8 Å². The van der Waals surface area contributed by atoms with Gasteiger partial charge in [0.1, 0.15) is 0 Å². The van der Waals surface area contributed by atoms with Crippen LogP contribution in [0, 0.1) is 5.82 Å². The molecule has 0 saturated heterocycles. The van der Waals surface area contributed by atoms with Crippen LogP contribution in [0.5, 0.6) is 5.75 Å². The number of rotatable bonds is 4. The maximum atomic E-state index is 13.0. The molecule has 0 amide bonds. The molecule has 0 spiro atoms. The summed E-state index contributed by atoms with van der Waals surface area (Å²) in [4.78, 5) is 0. The quantitative estimate of drug-likeness (QED) is 0.810. The van der Waals surface area contributed by atoms with Crippen molar-refractivity contribution in [3.63, 3.8) is 0 Å². The topological polar surface area (TPSA) is 35.2 Å². The van der Waals surface area contributed by atoms with Crippen LogP contribution in [0.2, 0.25) is 0 Å². The SMILES string of the molecule is COc1cc([C@H](N)CCF)ccc1F. The summed E-state index contributed by atoms with van der Waals surface area (Å²) in [7, 11) is 1.38. The van der Waals surface area contributed by atoms with Crippen molar-refractivity contribution in [1.29, 1.82) is 0 Å². The third-order valence-electron chi connectivity index (χ3n) is 2.02. The van der Waals surface area contributed by atoms with Crippen LogP contribution < -0.4 is 10.5 Å². The molecule has 14 heavy (non-hydrogen) atoms. The first-order valence-corrected chi connectivity index (χ1v) is 4.34. The van der Waals surface area contributed by atoms with Gasteiger partial charge in [-0.25, -0.2) is 4.39 Å². The minimum atomic E-state index is -0.485. The van der Waals surface area contributed by atoms with Crippen LogP contribution in [-0.4, -0.2) is 13.8 Å². The molecular formula is C10H13F2NO. The Balaban J connectivity index is 2.88. The fourth-order valence-corrected chi connectivity index (χ4v) is 1.19. The molecule has 0 unspecified atom stereocenters. The smallest absolute Gasteiger partial charge is 0.165 e. The largest absolute Gasteiger partial charge is 0.494 e. The summed E-state index contributed by atoms with van der Waals surface area (Å²) < 4.78 is 29.8. The molecule has 4 heteroatoms. The lowest BCUT2D eigenvalue weighted by molar-refractivity contribution is 0.384. The highest BCUT2D eigenvalue weighted by atomic mass is 19.1. The minimum absolute atomic E-state index is 0.136.